The quantitative estimate of drug-likeness (QED) is 0.559. The van der Waals surface area contributed by atoms with Crippen LogP contribution < -0.4 is 11.5 Å². The second-order valence-corrected chi connectivity index (χ2v) is 2.38. The van der Waals surface area contributed by atoms with E-state index in [1.165, 1.54) is 0 Å². The molecule has 0 amide bonds. The summed E-state index contributed by atoms with van der Waals surface area (Å²) in [7, 11) is 0. The largest absolute Gasteiger partial charge is 0.373 e. The lowest BCUT2D eigenvalue weighted by molar-refractivity contribution is -0.129. The van der Waals surface area contributed by atoms with Crippen LogP contribution in [0.2, 0.25) is 0 Å². The Labute approximate surface area is 67.8 Å². The van der Waals surface area contributed by atoms with Crippen LogP contribution in [0.15, 0.2) is 0 Å². The molecule has 0 spiro atoms. The zero-order valence-corrected chi connectivity index (χ0v) is 7.46. The molecule has 1 atom stereocenters. The summed E-state index contributed by atoms with van der Waals surface area (Å²) in [4.78, 5) is 0. The van der Waals surface area contributed by atoms with Gasteiger partial charge in [0.25, 0.3) is 0 Å². The van der Waals surface area contributed by atoms with Gasteiger partial charge in [-0.1, -0.05) is 0 Å². The molecule has 0 radical (unpaired) electrons. The molecule has 0 saturated carbocycles. The van der Waals surface area contributed by atoms with E-state index in [0.29, 0.717) is 13.2 Å². The third-order valence-corrected chi connectivity index (χ3v) is 1.45. The second-order valence-electron chi connectivity index (χ2n) is 2.38. The van der Waals surface area contributed by atoms with Crippen LogP contribution in [0, 0.1) is 0 Å². The SMILES string of the molecule is CCOC(C)C(N)(N)OCC. The van der Waals surface area contributed by atoms with E-state index >= 15 is 0 Å². The van der Waals surface area contributed by atoms with Gasteiger partial charge < -0.3 is 9.47 Å². The smallest absolute Gasteiger partial charge is 0.196 e. The van der Waals surface area contributed by atoms with Gasteiger partial charge in [-0.25, -0.2) is 0 Å². The van der Waals surface area contributed by atoms with Crippen molar-refractivity contribution in [1.82, 2.24) is 0 Å². The predicted molar refractivity (Wildman–Crippen MR) is 43.8 cm³/mol. The molecule has 0 aromatic heterocycles. The zero-order chi connectivity index (χ0) is 8.91. The van der Waals surface area contributed by atoms with E-state index in [-0.39, 0.29) is 6.10 Å². The van der Waals surface area contributed by atoms with Gasteiger partial charge in [-0.15, -0.1) is 0 Å². The van der Waals surface area contributed by atoms with Crippen LogP contribution in [0.4, 0.5) is 0 Å². The van der Waals surface area contributed by atoms with Crippen LogP contribution in [-0.4, -0.2) is 25.2 Å². The Hall–Kier alpha value is -0.160. The first-order valence-corrected chi connectivity index (χ1v) is 3.87. The van der Waals surface area contributed by atoms with Crippen molar-refractivity contribution in [2.75, 3.05) is 13.2 Å². The molecule has 0 aliphatic heterocycles. The Kier molecular flexibility index (Phi) is 4.60. The Morgan fingerprint density at radius 3 is 2.18 bits per heavy atom. The number of hydrogen-bond acceptors (Lipinski definition) is 4. The number of ether oxygens (including phenoxy) is 2. The van der Waals surface area contributed by atoms with Gasteiger partial charge in [0.15, 0.2) is 5.85 Å². The van der Waals surface area contributed by atoms with E-state index in [4.69, 9.17) is 20.9 Å². The highest BCUT2D eigenvalue weighted by atomic mass is 16.6. The van der Waals surface area contributed by atoms with Crippen molar-refractivity contribution in [2.45, 2.75) is 32.7 Å². The second kappa shape index (κ2) is 4.66. The van der Waals surface area contributed by atoms with Gasteiger partial charge >= 0.3 is 0 Å². The molecular weight excluding hydrogens is 144 g/mol. The monoisotopic (exact) mass is 162 g/mol. The van der Waals surface area contributed by atoms with Gasteiger partial charge in [0.1, 0.15) is 6.10 Å². The molecule has 0 fully saturated rings. The third-order valence-electron chi connectivity index (χ3n) is 1.45. The molecule has 4 N–H and O–H groups in total. The topological polar surface area (TPSA) is 70.5 Å². The van der Waals surface area contributed by atoms with Crippen LogP contribution in [0.5, 0.6) is 0 Å². The van der Waals surface area contributed by atoms with Gasteiger partial charge in [0.2, 0.25) is 0 Å². The van der Waals surface area contributed by atoms with Crippen molar-refractivity contribution >= 4 is 0 Å². The Morgan fingerprint density at radius 2 is 1.82 bits per heavy atom. The zero-order valence-electron chi connectivity index (χ0n) is 7.46. The molecule has 0 aliphatic rings. The third kappa shape index (κ3) is 3.67. The summed E-state index contributed by atoms with van der Waals surface area (Å²) in [5.41, 5.74) is 11.2. The Morgan fingerprint density at radius 1 is 1.27 bits per heavy atom. The summed E-state index contributed by atoms with van der Waals surface area (Å²) in [5, 5.41) is 0. The molecule has 0 saturated heterocycles. The first kappa shape index (κ1) is 10.8. The highest BCUT2D eigenvalue weighted by Crippen LogP contribution is 2.05. The summed E-state index contributed by atoms with van der Waals surface area (Å²) in [6, 6.07) is 0. The molecular formula is C7H18N2O2. The highest BCUT2D eigenvalue weighted by molar-refractivity contribution is 4.72. The van der Waals surface area contributed by atoms with E-state index in [1.807, 2.05) is 13.8 Å². The van der Waals surface area contributed by atoms with Crippen molar-refractivity contribution in [3.05, 3.63) is 0 Å². The minimum Gasteiger partial charge on any atom is -0.373 e. The standard InChI is InChI=1S/C7H18N2O2/c1-4-10-6(3)7(8,9)11-5-2/h6H,4-5,8-9H2,1-3H3. The summed E-state index contributed by atoms with van der Waals surface area (Å²) < 4.78 is 10.3. The average molecular weight is 162 g/mol. The number of nitrogens with two attached hydrogens (primary N) is 2. The fourth-order valence-corrected chi connectivity index (χ4v) is 0.748. The van der Waals surface area contributed by atoms with E-state index < -0.39 is 5.85 Å². The summed E-state index contributed by atoms with van der Waals surface area (Å²) in [6.07, 6.45) is -0.285. The van der Waals surface area contributed by atoms with Gasteiger partial charge in [0, 0.05) is 13.2 Å². The van der Waals surface area contributed by atoms with E-state index in [1.54, 1.807) is 6.92 Å². The van der Waals surface area contributed by atoms with Crippen LogP contribution in [0.1, 0.15) is 20.8 Å². The molecule has 0 aromatic rings. The molecule has 68 valence electrons. The predicted octanol–water partition coefficient (Wildman–Crippen LogP) is 0.0191. The van der Waals surface area contributed by atoms with Gasteiger partial charge in [-0.3, -0.25) is 11.5 Å². The molecule has 0 bridgehead atoms. The summed E-state index contributed by atoms with van der Waals surface area (Å²) in [5.74, 6) is -1.16. The highest BCUT2D eigenvalue weighted by Gasteiger charge is 2.27. The first-order valence-electron chi connectivity index (χ1n) is 3.87. The maximum absolute atomic E-state index is 5.59. The van der Waals surface area contributed by atoms with Crippen LogP contribution >= 0.6 is 0 Å². The molecule has 1 unspecified atom stereocenters. The summed E-state index contributed by atoms with van der Waals surface area (Å²) in [6.45, 7) is 6.60. The molecule has 4 heteroatoms. The van der Waals surface area contributed by atoms with Crippen molar-refractivity contribution in [3.63, 3.8) is 0 Å². The molecule has 0 heterocycles. The van der Waals surface area contributed by atoms with Gasteiger partial charge in [0.05, 0.1) is 0 Å². The van der Waals surface area contributed by atoms with E-state index in [2.05, 4.69) is 0 Å². The minimum absolute atomic E-state index is 0.285. The molecule has 0 rings (SSSR count). The van der Waals surface area contributed by atoms with Crippen LogP contribution in [0.3, 0.4) is 0 Å². The average Bonchev–Trinajstić information content (AvgIpc) is 1.88. The lowest BCUT2D eigenvalue weighted by Gasteiger charge is -2.30. The maximum atomic E-state index is 5.59. The van der Waals surface area contributed by atoms with Crippen molar-refractivity contribution < 1.29 is 9.47 Å². The van der Waals surface area contributed by atoms with E-state index in [0.717, 1.165) is 0 Å². The molecule has 0 aliphatic carbocycles. The molecule has 11 heavy (non-hydrogen) atoms. The van der Waals surface area contributed by atoms with Crippen LogP contribution in [-0.2, 0) is 9.47 Å². The van der Waals surface area contributed by atoms with E-state index in [9.17, 15) is 0 Å². The maximum Gasteiger partial charge on any atom is 0.196 e. The van der Waals surface area contributed by atoms with Gasteiger partial charge in [-0.2, -0.15) is 0 Å². The van der Waals surface area contributed by atoms with Crippen molar-refractivity contribution in [1.29, 1.82) is 0 Å². The van der Waals surface area contributed by atoms with Crippen molar-refractivity contribution in [2.24, 2.45) is 11.5 Å². The Balaban J connectivity index is 3.83. The molecule has 4 nitrogen and oxygen atoms in total. The fourth-order valence-electron chi connectivity index (χ4n) is 0.748. The van der Waals surface area contributed by atoms with Crippen LogP contribution in [0.25, 0.3) is 0 Å². The number of hydrogen-bond donors (Lipinski definition) is 2. The molecule has 0 aromatic carbocycles. The first-order chi connectivity index (χ1) is 5.04. The lowest BCUT2D eigenvalue weighted by atomic mass is 10.3. The summed E-state index contributed by atoms with van der Waals surface area (Å²) >= 11 is 0. The van der Waals surface area contributed by atoms with Crippen molar-refractivity contribution in [3.8, 4) is 0 Å². The lowest BCUT2D eigenvalue weighted by Crippen LogP contribution is -2.60. The Bertz CT molecular complexity index is 107. The van der Waals surface area contributed by atoms with Gasteiger partial charge in [-0.05, 0) is 20.8 Å². The fraction of sp³-hybridized carbons (Fsp3) is 1.00. The number of rotatable bonds is 5. The minimum atomic E-state index is -1.16. The normalized spacial score (nSPS) is 15.0.